The normalized spacial score (nSPS) is 22.7. The fourth-order valence-electron chi connectivity index (χ4n) is 2.75. The van der Waals surface area contributed by atoms with E-state index in [1.54, 1.807) is 6.20 Å². The van der Waals surface area contributed by atoms with E-state index in [0.29, 0.717) is 50.9 Å². The van der Waals surface area contributed by atoms with Crippen LogP contribution in [0.4, 0.5) is 17.2 Å². The molecule has 0 aliphatic carbocycles. The monoisotopic (exact) mass is 344 g/mol. The molecule has 2 fully saturated rings. The predicted octanol–water partition coefficient (Wildman–Crippen LogP) is 1.40. The van der Waals surface area contributed by atoms with Crippen LogP contribution in [0.1, 0.15) is 0 Å². The van der Waals surface area contributed by atoms with Crippen molar-refractivity contribution in [3.8, 4) is 0 Å². The number of anilines is 2. The van der Waals surface area contributed by atoms with Crippen LogP contribution in [0.15, 0.2) is 12.3 Å². The first-order chi connectivity index (χ1) is 11.0. The zero-order chi connectivity index (χ0) is 16.4. The minimum atomic E-state index is -2.49. The van der Waals surface area contributed by atoms with E-state index in [-0.39, 0.29) is 17.2 Å². The summed E-state index contributed by atoms with van der Waals surface area (Å²) in [5, 5.41) is 11.4. The summed E-state index contributed by atoms with van der Waals surface area (Å²) in [6.45, 7) is 3.14. The summed E-state index contributed by atoms with van der Waals surface area (Å²) in [4.78, 5) is 19.1. The van der Waals surface area contributed by atoms with Crippen LogP contribution >= 0.6 is 10.6 Å². The van der Waals surface area contributed by atoms with Crippen LogP contribution in [-0.4, -0.2) is 69.9 Å². The lowest BCUT2D eigenvalue weighted by atomic mass is 10.3. The Balaban J connectivity index is 1.83. The zero-order valence-corrected chi connectivity index (χ0v) is 13.4. The van der Waals surface area contributed by atoms with E-state index in [2.05, 4.69) is 4.98 Å². The van der Waals surface area contributed by atoms with Gasteiger partial charge in [-0.25, -0.2) is 4.98 Å². The second-order valence-electron chi connectivity index (χ2n) is 5.59. The van der Waals surface area contributed by atoms with Gasteiger partial charge >= 0.3 is 5.69 Å². The number of ether oxygens (including phenoxy) is 1. The first-order valence-corrected chi connectivity index (χ1v) is 9.30. The third-order valence-electron chi connectivity index (χ3n) is 4.08. The van der Waals surface area contributed by atoms with Gasteiger partial charge in [-0.1, -0.05) is 0 Å². The van der Waals surface area contributed by atoms with Crippen molar-refractivity contribution in [3.05, 3.63) is 22.4 Å². The largest absolute Gasteiger partial charge is 0.378 e. The number of rotatable bonds is 3. The molecule has 0 spiro atoms. The highest BCUT2D eigenvalue weighted by atomic mass is 32.3. The highest BCUT2D eigenvalue weighted by Gasteiger charge is 2.27. The maximum Gasteiger partial charge on any atom is 0.313 e. The molecule has 128 valence electrons. The minimum absolute atomic E-state index is 0.0263. The SMILES string of the molecule is O=[N+]([O-])c1cc(N2CCS(O)(O)CC2)cnc1N1CCOCC1. The Hall–Kier alpha value is -1.62. The standard InChI is InChI=1S/C13H20N4O5S/c18-17(19)12-9-11(15-3-7-23(20,21)8-4-15)10-14-13(12)16-1-5-22-6-2-16/h9-10,20-21H,1-8H2. The van der Waals surface area contributed by atoms with Gasteiger partial charge in [-0.2, -0.15) is 10.6 Å². The van der Waals surface area contributed by atoms with Crippen molar-refractivity contribution < 1.29 is 18.8 Å². The van der Waals surface area contributed by atoms with Crippen LogP contribution in [0.25, 0.3) is 0 Å². The van der Waals surface area contributed by atoms with E-state index in [4.69, 9.17) is 4.74 Å². The Kier molecular flexibility index (Phi) is 4.57. The third-order valence-corrected chi connectivity index (χ3v) is 5.75. The molecule has 1 aromatic heterocycles. The number of nitrogens with zero attached hydrogens (tertiary/aromatic N) is 4. The van der Waals surface area contributed by atoms with Gasteiger partial charge in [0, 0.05) is 32.2 Å². The molecule has 23 heavy (non-hydrogen) atoms. The number of aromatic nitrogens is 1. The van der Waals surface area contributed by atoms with Gasteiger partial charge in [0.15, 0.2) is 0 Å². The molecule has 0 unspecified atom stereocenters. The first-order valence-electron chi connectivity index (χ1n) is 7.42. The van der Waals surface area contributed by atoms with E-state index in [9.17, 15) is 19.2 Å². The number of pyridine rings is 1. The van der Waals surface area contributed by atoms with Crippen LogP contribution in [0.2, 0.25) is 0 Å². The molecule has 2 aliphatic rings. The average molecular weight is 344 g/mol. The molecule has 2 aliphatic heterocycles. The molecule has 0 saturated carbocycles. The average Bonchev–Trinajstić information content (AvgIpc) is 2.55. The van der Waals surface area contributed by atoms with Gasteiger partial charge < -0.3 is 14.5 Å². The molecule has 2 N–H and O–H groups in total. The smallest absolute Gasteiger partial charge is 0.313 e. The molecule has 9 nitrogen and oxygen atoms in total. The van der Waals surface area contributed by atoms with Gasteiger partial charge in [0.1, 0.15) is 0 Å². The van der Waals surface area contributed by atoms with Gasteiger partial charge in [0.05, 0.1) is 41.5 Å². The number of morpholine rings is 1. The van der Waals surface area contributed by atoms with Crippen LogP contribution < -0.4 is 9.80 Å². The summed E-state index contributed by atoms with van der Waals surface area (Å²) in [6.07, 6.45) is 1.62. The van der Waals surface area contributed by atoms with Crippen molar-refractivity contribution in [3.63, 3.8) is 0 Å². The Bertz CT molecular complexity index is 584. The van der Waals surface area contributed by atoms with Crippen LogP contribution in [0.5, 0.6) is 0 Å². The van der Waals surface area contributed by atoms with Crippen molar-refractivity contribution in [1.82, 2.24) is 4.98 Å². The van der Waals surface area contributed by atoms with Crippen molar-refractivity contribution in [2.24, 2.45) is 0 Å². The predicted molar refractivity (Wildman–Crippen MR) is 88.7 cm³/mol. The summed E-state index contributed by atoms with van der Waals surface area (Å²) >= 11 is 0. The molecule has 0 aromatic carbocycles. The molecule has 2 saturated heterocycles. The fourth-order valence-corrected chi connectivity index (χ4v) is 3.98. The van der Waals surface area contributed by atoms with Crippen molar-refractivity contribution in [1.29, 1.82) is 0 Å². The van der Waals surface area contributed by atoms with Gasteiger partial charge in [-0.15, -0.1) is 0 Å². The van der Waals surface area contributed by atoms with E-state index >= 15 is 0 Å². The van der Waals surface area contributed by atoms with Gasteiger partial charge in [0.2, 0.25) is 5.82 Å². The summed E-state index contributed by atoms with van der Waals surface area (Å²) in [5.74, 6) is 0.932. The molecule has 3 heterocycles. The van der Waals surface area contributed by atoms with Crippen molar-refractivity contribution in [2.75, 3.05) is 60.7 Å². The second kappa shape index (κ2) is 6.48. The Morgan fingerprint density at radius 3 is 2.43 bits per heavy atom. The second-order valence-corrected chi connectivity index (χ2v) is 8.01. The summed E-state index contributed by atoms with van der Waals surface area (Å²) in [6, 6.07) is 1.52. The lowest BCUT2D eigenvalue weighted by molar-refractivity contribution is -0.384. The highest BCUT2D eigenvalue weighted by Crippen LogP contribution is 2.41. The van der Waals surface area contributed by atoms with Gasteiger partial charge in [-0.05, 0) is 0 Å². The molecule has 0 atom stereocenters. The molecule has 10 heteroatoms. The lowest BCUT2D eigenvalue weighted by Crippen LogP contribution is -2.39. The minimum Gasteiger partial charge on any atom is -0.378 e. The first kappa shape index (κ1) is 16.2. The van der Waals surface area contributed by atoms with E-state index in [1.165, 1.54) is 6.07 Å². The maximum atomic E-state index is 11.4. The maximum absolute atomic E-state index is 11.4. The lowest BCUT2D eigenvalue weighted by Gasteiger charge is -2.41. The number of hydrogen-bond acceptors (Lipinski definition) is 8. The molecular formula is C13H20N4O5S. The van der Waals surface area contributed by atoms with E-state index in [1.807, 2.05) is 9.80 Å². The summed E-state index contributed by atoms with van der Waals surface area (Å²) < 4.78 is 24.6. The number of nitro groups is 1. The topological polar surface area (TPSA) is 112 Å². The molecular weight excluding hydrogens is 324 g/mol. The van der Waals surface area contributed by atoms with E-state index < -0.39 is 15.5 Å². The summed E-state index contributed by atoms with van der Waals surface area (Å²) in [7, 11) is -2.49. The Morgan fingerprint density at radius 1 is 1.17 bits per heavy atom. The molecule has 0 radical (unpaired) electrons. The quantitative estimate of drug-likeness (QED) is 0.625. The third kappa shape index (κ3) is 3.66. The van der Waals surface area contributed by atoms with Gasteiger partial charge in [-0.3, -0.25) is 19.2 Å². The molecule has 1 aromatic rings. The van der Waals surface area contributed by atoms with E-state index in [0.717, 1.165) is 0 Å². The Labute approximate surface area is 135 Å². The summed E-state index contributed by atoms with van der Waals surface area (Å²) in [5.41, 5.74) is 0.616. The number of hydrogen-bond donors (Lipinski definition) is 2. The molecule has 0 bridgehead atoms. The molecule has 3 rings (SSSR count). The zero-order valence-electron chi connectivity index (χ0n) is 12.6. The fraction of sp³-hybridized carbons (Fsp3) is 0.615. The van der Waals surface area contributed by atoms with Gasteiger partial charge in [0.25, 0.3) is 0 Å². The Morgan fingerprint density at radius 2 is 1.83 bits per heavy atom. The molecule has 0 amide bonds. The highest BCUT2D eigenvalue weighted by molar-refractivity contribution is 8.24. The van der Waals surface area contributed by atoms with Crippen LogP contribution in [0.3, 0.4) is 0 Å². The van der Waals surface area contributed by atoms with Crippen molar-refractivity contribution >= 4 is 27.8 Å². The van der Waals surface area contributed by atoms with Crippen LogP contribution in [-0.2, 0) is 4.74 Å². The van der Waals surface area contributed by atoms with Crippen molar-refractivity contribution in [2.45, 2.75) is 0 Å². The van der Waals surface area contributed by atoms with Crippen LogP contribution in [0, 0.1) is 10.1 Å².